The second-order valence-corrected chi connectivity index (χ2v) is 4.65. The van der Waals surface area contributed by atoms with E-state index in [1.54, 1.807) is 0 Å². The van der Waals surface area contributed by atoms with Gasteiger partial charge < -0.3 is 10.1 Å². The van der Waals surface area contributed by atoms with Crippen molar-refractivity contribution in [2.24, 2.45) is 0 Å². The van der Waals surface area contributed by atoms with Crippen LogP contribution in [0.4, 0.5) is 0 Å². The first-order chi connectivity index (χ1) is 8.13. The molecule has 1 aromatic rings. The number of halogens is 1. The molecular formula is C14H20ClNO. The summed E-state index contributed by atoms with van der Waals surface area (Å²) in [7, 11) is 0. The van der Waals surface area contributed by atoms with Gasteiger partial charge >= 0.3 is 0 Å². The van der Waals surface area contributed by atoms with Gasteiger partial charge in [-0.15, -0.1) is 6.58 Å². The Labute approximate surface area is 109 Å². The summed E-state index contributed by atoms with van der Waals surface area (Å²) in [6.07, 6.45) is 2.70. The number of hydrogen-bond donors (Lipinski definition) is 1. The summed E-state index contributed by atoms with van der Waals surface area (Å²) in [5.41, 5.74) is 1.09. The van der Waals surface area contributed by atoms with E-state index in [4.69, 9.17) is 16.3 Å². The molecule has 0 radical (unpaired) electrons. The Balaban J connectivity index is 2.69. The molecule has 0 aliphatic carbocycles. The van der Waals surface area contributed by atoms with Crippen LogP contribution in [0.15, 0.2) is 30.9 Å². The molecule has 17 heavy (non-hydrogen) atoms. The molecule has 0 spiro atoms. The molecule has 94 valence electrons. The van der Waals surface area contributed by atoms with Crippen LogP contribution in [0, 0.1) is 0 Å². The number of nitrogens with one attached hydrogen (secondary N) is 1. The molecule has 1 aromatic carbocycles. The standard InChI is InChI=1S/C14H20ClNO/c1-4-5-8-17-14-7-6-13(15)9-12(14)10-16-11(2)3/h4,6-7,9,11,16H,1,5,8,10H2,2-3H3. The number of hydrogen-bond acceptors (Lipinski definition) is 2. The molecule has 0 aromatic heterocycles. The van der Waals surface area contributed by atoms with Crippen LogP contribution in [-0.2, 0) is 6.54 Å². The third kappa shape index (κ3) is 5.24. The average molecular weight is 254 g/mol. The van der Waals surface area contributed by atoms with E-state index in [9.17, 15) is 0 Å². The van der Waals surface area contributed by atoms with Gasteiger partial charge in [0.2, 0.25) is 0 Å². The molecule has 0 unspecified atom stereocenters. The van der Waals surface area contributed by atoms with Gasteiger partial charge in [-0.3, -0.25) is 0 Å². The summed E-state index contributed by atoms with van der Waals surface area (Å²) in [5.74, 6) is 0.893. The highest BCUT2D eigenvalue weighted by Gasteiger charge is 2.05. The van der Waals surface area contributed by atoms with E-state index in [1.807, 2.05) is 24.3 Å². The number of ether oxygens (including phenoxy) is 1. The second kappa shape index (κ2) is 7.36. The third-order valence-electron chi connectivity index (χ3n) is 2.30. The minimum atomic E-state index is 0.440. The van der Waals surface area contributed by atoms with E-state index in [0.717, 1.165) is 29.3 Å². The summed E-state index contributed by atoms with van der Waals surface area (Å²) < 4.78 is 5.69. The minimum absolute atomic E-state index is 0.440. The van der Waals surface area contributed by atoms with E-state index in [1.165, 1.54) is 0 Å². The first kappa shape index (κ1) is 14.1. The molecule has 1 rings (SSSR count). The smallest absolute Gasteiger partial charge is 0.123 e. The van der Waals surface area contributed by atoms with Crippen molar-refractivity contribution in [3.63, 3.8) is 0 Å². The Bertz CT molecular complexity index is 363. The van der Waals surface area contributed by atoms with Gasteiger partial charge in [-0.05, 0) is 24.6 Å². The monoisotopic (exact) mass is 253 g/mol. The molecule has 0 fully saturated rings. The van der Waals surface area contributed by atoms with Crippen LogP contribution in [0.5, 0.6) is 5.75 Å². The average Bonchev–Trinajstić information content (AvgIpc) is 2.29. The minimum Gasteiger partial charge on any atom is -0.493 e. The summed E-state index contributed by atoms with van der Waals surface area (Å²) in [4.78, 5) is 0. The fraction of sp³-hybridized carbons (Fsp3) is 0.429. The fourth-order valence-corrected chi connectivity index (χ4v) is 1.59. The zero-order chi connectivity index (χ0) is 12.7. The number of benzene rings is 1. The van der Waals surface area contributed by atoms with E-state index < -0.39 is 0 Å². The summed E-state index contributed by atoms with van der Waals surface area (Å²) in [6, 6.07) is 6.15. The maximum Gasteiger partial charge on any atom is 0.123 e. The molecule has 0 atom stereocenters. The lowest BCUT2D eigenvalue weighted by atomic mass is 10.2. The topological polar surface area (TPSA) is 21.3 Å². The third-order valence-corrected chi connectivity index (χ3v) is 2.54. The Hall–Kier alpha value is -0.990. The summed E-state index contributed by atoms with van der Waals surface area (Å²) in [6.45, 7) is 9.32. The molecule has 0 amide bonds. The lowest BCUT2D eigenvalue weighted by Crippen LogP contribution is -2.22. The van der Waals surface area contributed by atoms with Crippen molar-refractivity contribution >= 4 is 11.6 Å². The van der Waals surface area contributed by atoms with Gasteiger partial charge in [-0.25, -0.2) is 0 Å². The van der Waals surface area contributed by atoms with Gasteiger partial charge in [-0.2, -0.15) is 0 Å². The summed E-state index contributed by atoms with van der Waals surface area (Å²) in [5, 5.41) is 4.10. The maximum atomic E-state index is 5.99. The van der Waals surface area contributed by atoms with Gasteiger partial charge in [0.05, 0.1) is 6.61 Å². The highest BCUT2D eigenvalue weighted by molar-refractivity contribution is 6.30. The summed E-state index contributed by atoms with van der Waals surface area (Å²) >= 11 is 5.99. The van der Waals surface area contributed by atoms with Crippen molar-refractivity contribution in [1.82, 2.24) is 5.32 Å². The van der Waals surface area contributed by atoms with Crippen LogP contribution < -0.4 is 10.1 Å². The van der Waals surface area contributed by atoms with Crippen molar-refractivity contribution < 1.29 is 4.74 Å². The number of rotatable bonds is 7. The van der Waals surface area contributed by atoms with Crippen molar-refractivity contribution in [2.75, 3.05) is 6.61 Å². The van der Waals surface area contributed by atoms with Crippen LogP contribution >= 0.6 is 11.6 Å². The Morgan fingerprint density at radius 2 is 2.24 bits per heavy atom. The van der Waals surface area contributed by atoms with Crippen LogP contribution in [0.2, 0.25) is 5.02 Å². The van der Waals surface area contributed by atoms with Crippen LogP contribution in [0.25, 0.3) is 0 Å². The molecule has 0 saturated heterocycles. The lowest BCUT2D eigenvalue weighted by Gasteiger charge is -2.13. The lowest BCUT2D eigenvalue weighted by molar-refractivity contribution is 0.320. The van der Waals surface area contributed by atoms with Gasteiger partial charge in [0.1, 0.15) is 5.75 Å². The van der Waals surface area contributed by atoms with Gasteiger partial charge in [-0.1, -0.05) is 31.5 Å². The molecule has 0 bridgehead atoms. The highest BCUT2D eigenvalue weighted by atomic mass is 35.5. The van der Waals surface area contributed by atoms with Crippen LogP contribution in [-0.4, -0.2) is 12.6 Å². The van der Waals surface area contributed by atoms with E-state index in [-0.39, 0.29) is 0 Å². The van der Waals surface area contributed by atoms with E-state index in [2.05, 4.69) is 25.7 Å². The van der Waals surface area contributed by atoms with Crippen molar-refractivity contribution in [1.29, 1.82) is 0 Å². The normalized spacial score (nSPS) is 10.6. The van der Waals surface area contributed by atoms with Gasteiger partial charge in [0.15, 0.2) is 0 Å². The SMILES string of the molecule is C=CCCOc1ccc(Cl)cc1CNC(C)C. The van der Waals surface area contributed by atoms with Crippen molar-refractivity contribution in [2.45, 2.75) is 32.9 Å². The fourth-order valence-electron chi connectivity index (χ4n) is 1.39. The predicted octanol–water partition coefficient (Wildman–Crippen LogP) is 3.79. The Kier molecular flexibility index (Phi) is 6.09. The first-order valence-corrected chi connectivity index (χ1v) is 6.26. The molecule has 0 aliphatic rings. The Morgan fingerprint density at radius 1 is 1.47 bits per heavy atom. The van der Waals surface area contributed by atoms with E-state index >= 15 is 0 Å². The maximum absolute atomic E-state index is 5.99. The van der Waals surface area contributed by atoms with Gasteiger partial charge in [0, 0.05) is 23.2 Å². The molecule has 3 heteroatoms. The predicted molar refractivity (Wildman–Crippen MR) is 73.7 cm³/mol. The van der Waals surface area contributed by atoms with Crippen molar-refractivity contribution in [3.05, 3.63) is 41.4 Å². The van der Waals surface area contributed by atoms with Gasteiger partial charge in [0.25, 0.3) is 0 Å². The molecule has 0 saturated carbocycles. The molecule has 0 heterocycles. The largest absolute Gasteiger partial charge is 0.493 e. The molecule has 1 N–H and O–H groups in total. The second-order valence-electron chi connectivity index (χ2n) is 4.21. The van der Waals surface area contributed by atoms with Crippen LogP contribution in [0.3, 0.4) is 0 Å². The quantitative estimate of drug-likeness (QED) is 0.590. The molecular weight excluding hydrogens is 234 g/mol. The first-order valence-electron chi connectivity index (χ1n) is 5.89. The van der Waals surface area contributed by atoms with E-state index in [0.29, 0.717) is 12.6 Å². The van der Waals surface area contributed by atoms with Crippen LogP contribution in [0.1, 0.15) is 25.8 Å². The molecule has 2 nitrogen and oxygen atoms in total. The zero-order valence-electron chi connectivity index (χ0n) is 10.5. The highest BCUT2D eigenvalue weighted by Crippen LogP contribution is 2.23. The molecule has 0 aliphatic heterocycles. The van der Waals surface area contributed by atoms with Crippen molar-refractivity contribution in [3.8, 4) is 5.75 Å². The Morgan fingerprint density at radius 3 is 2.88 bits per heavy atom. The zero-order valence-corrected chi connectivity index (χ0v) is 11.3.